The summed E-state index contributed by atoms with van der Waals surface area (Å²) < 4.78 is 5.80. The van der Waals surface area contributed by atoms with Crippen molar-refractivity contribution in [3.63, 3.8) is 0 Å². The van der Waals surface area contributed by atoms with Crippen molar-refractivity contribution in [2.45, 2.75) is 10.9 Å². The zero-order chi connectivity index (χ0) is 12.1. The van der Waals surface area contributed by atoms with Crippen molar-refractivity contribution in [1.29, 1.82) is 0 Å². The van der Waals surface area contributed by atoms with Crippen molar-refractivity contribution in [3.05, 3.63) is 66.2 Å². The molecule has 88 valence electrons. The molecule has 2 aromatic carbocycles. The van der Waals surface area contributed by atoms with Gasteiger partial charge < -0.3 is 4.74 Å². The van der Waals surface area contributed by atoms with Gasteiger partial charge in [-0.1, -0.05) is 48.5 Å². The normalized spacial score (nSPS) is 12.4. The molecule has 2 aromatic rings. The summed E-state index contributed by atoms with van der Waals surface area (Å²) in [5, 5.41) is 0. The number of rotatable bonds is 4. The predicted molar refractivity (Wildman–Crippen MR) is 71.7 cm³/mol. The highest BCUT2D eigenvalue weighted by molar-refractivity contribution is 6.44. The highest BCUT2D eigenvalue weighted by Crippen LogP contribution is 2.29. The molecule has 3 heteroatoms. The average Bonchev–Trinajstić information content (AvgIpc) is 2.38. The van der Waals surface area contributed by atoms with E-state index in [0.29, 0.717) is 0 Å². The van der Waals surface area contributed by atoms with Crippen molar-refractivity contribution in [3.8, 4) is 5.75 Å². The van der Waals surface area contributed by atoms with Crippen LogP contribution in [0.3, 0.4) is 0 Å². The van der Waals surface area contributed by atoms with Crippen LogP contribution in [0.5, 0.6) is 5.75 Å². The monoisotopic (exact) mass is 266 g/mol. The second kappa shape index (κ2) is 5.95. The van der Waals surface area contributed by atoms with Gasteiger partial charge in [-0.3, -0.25) is 0 Å². The molecule has 0 radical (unpaired) electrons. The molecule has 0 fully saturated rings. The maximum Gasteiger partial charge on any atom is 0.154 e. The smallest absolute Gasteiger partial charge is 0.154 e. The van der Waals surface area contributed by atoms with Crippen LogP contribution >= 0.6 is 23.2 Å². The topological polar surface area (TPSA) is 9.23 Å². The molecule has 0 N–H and O–H groups in total. The maximum absolute atomic E-state index is 5.97. The molecule has 0 aliphatic carbocycles. The largest absolute Gasteiger partial charge is 0.483 e. The van der Waals surface area contributed by atoms with Gasteiger partial charge >= 0.3 is 0 Å². The fourth-order valence-corrected chi connectivity index (χ4v) is 1.95. The molecular weight excluding hydrogens is 255 g/mol. The number of para-hydroxylation sites is 1. The van der Waals surface area contributed by atoms with E-state index in [2.05, 4.69) is 0 Å². The lowest BCUT2D eigenvalue weighted by molar-refractivity contribution is 0.220. The lowest BCUT2D eigenvalue weighted by Crippen LogP contribution is -2.14. The number of hydrogen-bond donors (Lipinski definition) is 0. The minimum atomic E-state index is -0.613. The van der Waals surface area contributed by atoms with Crippen molar-refractivity contribution in [1.82, 2.24) is 0 Å². The molecule has 0 bridgehead atoms. The molecule has 0 aliphatic rings. The van der Waals surface area contributed by atoms with E-state index in [1.807, 2.05) is 60.7 Å². The van der Waals surface area contributed by atoms with Gasteiger partial charge in [-0.25, -0.2) is 0 Å². The van der Waals surface area contributed by atoms with Crippen LogP contribution in [0.1, 0.15) is 11.7 Å². The third-order valence-corrected chi connectivity index (χ3v) is 2.82. The molecule has 0 saturated heterocycles. The van der Waals surface area contributed by atoms with Crippen LogP contribution < -0.4 is 4.74 Å². The van der Waals surface area contributed by atoms with Crippen molar-refractivity contribution in [2.24, 2.45) is 0 Å². The van der Waals surface area contributed by atoms with E-state index >= 15 is 0 Å². The summed E-state index contributed by atoms with van der Waals surface area (Å²) in [6.07, 6.45) is -0.359. The summed E-state index contributed by atoms with van der Waals surface area (Å²) in [7, 11) is 0. The first-order chi connectivity index (χ1) is 8.27. The Bertz CT molecular complexity index is 442. The van der Waals surface area contributed by atoms with Crippen LogP contribution in [0.15, 0.2) is 60.7 Å². The van der Waals surface area contributed by atoms with E-state index in [4.69, 9.17) is 27.9 Å². The van der Waals surface area contributed by atoms with Crippen molar-refractivity contribution in [2.75, 3.05) is 0 Å². The van der Waals surface area contributed by atoms with Crippen LogP contribution in [0.4, 0.5) is 0 Å². The number of hydrogen-bond acceptors (Lipinski definition) is 1. The van der Waals surface area contributed by atoms with Crippen LogP contribution in [0.25, 0.3) is 0 Å². The fraction of sp³-hybridized carbons (Fsp3) is 0.143. The van der Waals surface area contributed by atoms with Gasteiger partial charge in [0, 0.05) is 0 Å². The lowest BCUT2D eigenvalue weighted by atomic mass is 10.1. The second-order valence-electron chi connectivity index (χ2n) is 3.60. The predicted octanol–water partition coefficient (Wildman–Crippen LogP) is 4.61. The SMILES string of the molecule is ClC(Cl)C(Oc1ccccc1)c1ccccc1. The highest BCUT2D eigenvalue weighted by Gasteiger charge is 2.20. The van der Waals surface area contributed by atoms with E-state index < -0.39 is 4.84 Å². The first-order valence-electron chi connectivity index (χ1n) is 5.32. The lowest BCUT2D eigenvalue weighted by Gasteiger charge is -2.20. The summed E-state index contributed by atoms with van der Waals surface area (Å²) in [6, 6.07) is 19.2. The molecule has 0 spiro atoms. The zero-order valence-electron chi connectivity index (χ0n) is 9.09. The Morgan fingerprint density at radius 3 is 1.82 bits per heavy atom. The number of halogens is 2. The number of benzene rings is 2. The van der Waals surface area contributed by atoms with E-state index in [1.165, 1.54) is 0 Å². The zero-order valence-corrected chi connectivity index (χ0v) is 10.6. The van der Waals surface area contributed by atoms with Crippen LogP contribution in [0, 0.1) is 0 Å². The third-order valence-electron chi connectivity index (χ3n) is 2.36. The van der Waals surface area contributed by atoms with E-state index in [1.54, 1.807) is 0 Å². The van der Waals surface area contributed by atoms with E-state index in [-0.39, 0.29) is 6.10 Å². The van der Waals surface area contributed by atoms with Crippen LogP contribution in [-0.2, 0) is 0 Å². The number of alkyl halides is 2. The highest BCUT2D eigenvalue weighted by atomic mass is 35.5. The number of ether oxygens (including phenoxy) is 1. The van der Waals surface area contributed by atoms with Gasteiger partial charge in [0.15, 0.2) is 6.10 Å². The summed E-state index contributed by atoms with van der Waals surface area (Å²) in [4.78, 5) is -0.613. The third kappa shape index (κ3) is 3.39. The average molecular weight is 267 g/mol. The Labute approximate surface area is 111 Å². The maximum atomic E-state index is 5.97. The second-order valence-corrected chi connectivity index (χ2v) is 4.76. The van der Waals surface area contributed by atoms with Gasteiger partial charge in [-0.15, -0.1) is 23.2 Å². The van der Waals surface area contributed by atoms with E-state index in [9.17, 15) is 0 Å². The quantitative estimate of drug-likeness (QED) is 0.735. The molecule has 17 heavy (non-hydrogen) atoms. The van der Waals surface area contributed by atoms with Gasteiger partial charge in [0.05, 0.1) is 0 Å². The first kappa shape index (κ1) is 12.3. The first-order valence-corrected chi connectivity index (χ1v) is 6.19. The Kier molecular flexibility index (Phi) is 4.29. The molecule has 1 nitrogen and oxygen atoms in total. The Morgan fingerprint density at radius 2 is 1.29 bits per heavy atom. The van der Waals surface area contributed by atoms with Crippen molar-refractivity contribution >= 4 is 23.2 Å². The molecule has 0 heterocycles. The summed E-state index contributed by atoms with van der Waals surface area (Å²) >= 11 is 11.9. The van der Waals surface area contributed by atoms with Gasteiger partial charge in [-0.2, -0.15) is 0 Å². The van der Waals surface area contributed by atoms with Gasteiger partial charge in [0.1, 0.15) is 10.6 Å². The standard InChI is InChI=1S/C14H12Cl2O/c15-14(16)13(11-7-3-1-4-8-11)17-12-9-5-2-6-10-12/h1-10,13-14H. The summed E-state index contributed by atoms with van der Waals surface area (Å²) in [5.41, 5.74) is 0.964. The van der Waals surface area contributed by atoms with Crippen LogP contribution in [0.2, 0.25) is 0 Å². The minimum absolute atomic E-state index is 0.359. The van der Waals surface area contributed by atoms with E-state index in [0.717, 1.165) is 11.3 Å². The molecule has 1 unspecified atom stereocenters. The molecule has 0 aromatic heterocycles. The summed E-state index contributed by atoms with van der Waals surface area (Å²) in [5.74, 6) is 0.757. The summed E-state index contributed by atoms with van der Waals surface area (Å²) in [6.45, 7) is 0. The molecule has 0 saturated carbocycles. The Balaban J connectivity index is 2.20. The Morgan fingerprint density at radius 1 is 0.765 bits per heavy atom. The minimum Gasteiger partial charge on any atom is -0.483 e. The van der Waals surface area contributed by atoms with Gasteiger partial charge in [0.25, 0.3) is 0 Å². The fourth-order valence-electron chi connectivity index (χ4n) is 1.55. The molecule has 2 rings (SSSR count). The Hall–Kier alpha value is -1.18. The molecule has 0 aliphatic heterocycles. The molecule has 1 atom stereocenters. The van der Waals surface area contributed by atoms with Crippen molar-refractivity contribution < 1.29 is 4.74 Å². The molecule has 0 amide bonds. The van der Waals surface area contributed by atoms with Gasteiger partial charge in [-0.05, 0) is 17.7 Å². The molecular formula is C14H12Cl2O. The van der Waals surface area contributed by atoms with Crippen LogP contribution in [-0.4, -0.2) is 4.84 Å². The van der Waals surface area contributed by atoms with Gasteiger partial charge in [0.2, 0.25) is 0 Å².